The Labute approximate surface area is 123 Å². The number of hydrogen-bond donors (Lipinski definition) is 2. The van der Waals surface area contributed by atoms with Gasteiger partial charge in [0, 0.05) is 13.1 Å². The van der Waals surface area contributed by atoms with Gasteiger partial charge in [0.25, 0.3) is 0 Å². The first-order chi connectivity index (χ1) is 10.1. The van der Waals surface area contributed by atoms with Crippen LogP contribution >= 0.6 is 0 Å². The van der Waals surface area contributed by atoms with Gasteiger partial charge in [-0.1, -0.05) is 6.07 Å². The molecule has 0 amide bonds. The highest BCUT2D eigenvalue weighted by Crippen LogP contribution is 2.33. The first-order valence-electron chi connectivity index (χ1n) is 6.93. The number of aliphatic hydroxyl groups is 1. The molecule has 0 spiro atoms. The summed E-state index contributed by atoms with van der Waals surface area (Å²) in [6.07, 6.45) is 0.856. The second-order valence-corrected chi connectivity index (χ2v) is 5.12. The minimum absolute atomic E-state index is 0.332. The predicted molar refractivity (Wildman–Crippen MR) is 76.7 cm³/mol. The second-order valence-electron chi connectivity index (χ2n) is 5.12. The Balaban J connectivity index is 2.28. The number of rotatable bonds is 5. The minimum atomic E-state index is -0.904. The number of carboxylic acid groups (broad SMARTS) is 1. The van der Waals surface area contributed by atoms with Gasteiger partial charge in [-0.25, -0.2) is 0 Å². The zero-order chi connectivity index (χ0) is 15.4. The largest absolute Gasteiger partial charge is 0.493 e. The maximum Gasteiger partial charge on any atom is 0.325 e. The van der Waals surface area contributed by atoms with Crippen LogP contribution < -0.4 is 9.47 Å². The third-order valence-electron chi connectivity index (χ3n) is 3.82. The molecule has 2 rings (SSSR count). The summed E-state index contributed by atoms with van der Waals surface area (Å²) in [4.78, 5) is 13.5. The van der Waals surface area contributed by atoms with Crippen molar-refractivity contribution in [3.05, 3.63) is 23.8 Å². The molecule has 0 radical (unpaired) electrons. The second kappa shape index (κ2) is 6.78. The number of benzene rings is 1. The van der Waals surface area contributed by atoms with Crippen LogP contribution in [0, 0.1) is 0 Å². The average molecular weight is 295 g/mol. The van der Waals surface area contributed by atoms with Crippen molar-refractivity contribution in [1.29, 1.82) is 0 Å². The lowest BCUT2D eigenvalue weighted by molar-refractivity contribution is -0.144. The van der Waals surface area contributed by atoms with Crippen LogP contribution in [0.25, 0.3) is 0 Å². The average Bonchev–Trinajstić information content (AvgIpc) is 2.49. The molecule has 0 aromatic heterocycles. The monoisotopic (exact) mass is 295 g/mol. The van der Waals surface area contributed by atoms with Gasteiger partial charge < -0.3 is 19.7 Å². The Morgan fingerprint density at radius 1 is 1.24 bits per heavy atom. The highest BCUT2D eigenvalue weighted by molar-refractivity contribution is 5.76. The van der Waals surface area contributed by atoms with Crippen LogP contribution in [-0.2, 0) is 4.79 Å². The standard InChI is InChI=1S/C15H21NO5/c1-20-12-4-3-10(9-13(12)21-2)14(15(18)19)16-7-5-11(17)6-8-16/h3-4,9,11,14,17H,5-8H2,1-2H3,(H,18,19). The smallest absolute Gasteiger partial charge is 0.325 e. The molecule has 6 heteroatoms. The molecule has 2 N–H and O–H groups in total. The van der Waals surface area contributed by atoms with Gasteiger partial charge in [0.1, 0.15) is 6.04 Å². The Morgan fingerprint density at radius 3 is 2.38 bits per heavy atom. The van der Waals surface area contributed by atoms with Crippen LogP contribution in [0.1, 0.15) is 24.4 Å². The Hall–Kier alpha value is -1.79. The first kappa shape index (κ1) is 15.6. The first-order valence-corrected chi connectivity index (χ1v) is 6.93. The number of likely N-dealkylation sites (tertiary alicyclic amines) is 1. The molecule has 1 aliphatic heterocycles. The van der Waals surface area contributed by atoms with Crippen molar-refractivity contribution in [3.63, 3.8) is 0 Å². The summed E-state index contributed by atoms with van der Waals surface area (Å²) in [6, 6.07) is 4.41. The van der Waals surface area contributed by atoms with Crippen molar-refractivity contribution in [2.24, 2.45) is 0 Å². The summed E-state index contributed by atoms with van der Waals surface area (Å²) < 4.78 is 10.4. The van der Waals surface area contributed by atoms with Gasteiger partial charge in [0.05, 0.1) is 20.3 Å². The van der Waals surface area contributed by atoms with Gasteiger partial charge in [-0.15, -0.1) is 0 Å². The van der Waals surface area contributed by atoms with Crippen LogP contribution in [-0.4, -0.2) is 54.5 Å². The van der Waals surface area contributed by atoms with Crippen LogP contribution in [0.4, 0.5) is 0 Å². The van der Waals surface area contributed by atoms with Crippen LogP contribution in [0.3, 0.4) is 0 Å². The van der Waals surface area contributed by atoms with Crippen molar-refractivity contribution in [3.8, 4) is 11.5 Å². The van der Waals surface area contributed by atoms with Gasteiger partial charge in [0.15, 0.2) is 11.5 Å². The van der Waals surface area contributed by atoms with E-state index >= 15 is 0 Å². The molecule has 21 heavy (non-hydrogen) atoms. The molecule has 1 aromatic carbocycles. The van der Waals surface area contributed by atoms with Crippen molar-refractivity contribution < 1.29 is 24.5 Å². The van der Waals surface area contributed by atoms with Crippen molar-refractivity contribution in [2.45, 2.75) is 25.0 Å². The number of hydrogen-bond acceptors (Lipinski definition) is 5. The molecular formula is C15H21NO5. The fraction of sp³-hybridized carbons (Fsp3) is 0.533. The Morgan fingerprint density at radius 2 is 1.86 bits per heavy atom. The van der Waals surface area contributed by atoms with E-state index in [4.69, 9.17) is 9.47 Å². The van der Waals surface area contributed by atoms with Crippen LogP contribution in [0.2, 0.25) is 0 Å². The number of nitrogens with zero attached hydrogens (tertiary/aromatic N) is 1. The molecule has 1 aliphatic rings. The van der Waals surface area contributed by atoms with Gasteiger partial charge in [-0.3, -0.25) is 9.69 Å². The van der Waals surface area contributed by atoms with Gasteiger partial charge in [-0.05, 0) is 30.5 Å². The number of aliphatic carboxylic acids is 1. The summed E-state index contributed by atoms with van der Waals surface area (Å²) in [5.41, 5.74) is 0.650. The molecular weight excluding hydrogens is 274 g/mol. The fourth-order valence-corrected chi connectivity index (χ4v) is 2.68. The molecule has 0 aliphatic carbocycles. The number of piperidine rings is 1. The predicted octanol–water partition coefficient (Wildman–Crippen LogP) is 1.29. The molecule has 1 atom stereocenters. The molecule has 1 aromatic rings. The number of aliphatic hydroxyl groups excluding tert-OH is 1. The summed E-state index contributed by atoms with van der Waals surface area (Å²) in [5.74, 6) is 0.177. The van der Waals surface area contributed by atoms with Gasteiger partial charge in [0.2, 0.25) is 0 Å². The van der Waals surface area contributed by atoms with E-state index < -0.39 is 12.0 Å². The maximum atomic E-state index is 11.7. The Bertz CT molecular complexity index is 497. The summed E-state index contributed by atoms with van der Waals surface area (Å²) >= 11 is 0. The number of methoxy groups -OCH3 is 2. The normalized spacial score (nSPS) is 18.2. The fourth-order valence-electron chi connectivity index (χ4n) is 2.68. The third kappa shape index (κ3) is 3.46. The van der Waals surface area contributed by atoms with E-state index in [1.54, 1.807) is 18.2 Å². The van der Waals surface area contributed by atoms with Crippen molar-refractivity contribution in [2.75, 3.05) is 27.3 Å². The molecule has 116 valence electrons. The van der Waals surface area contributed by atoms with Gasteiger partial charge >= 0.3 is 5.97 Å². The van der Waals surface area contributed by atoms with E-state index in [-0.39, 0.29) is 6.10 Å². The SMILES string of the molecule is COc1ccc(C(C(=O)O)N2CCC(O)CC2)cc1OC. The van der Waals surface area contributed by atoms with E-state index in [1.807, 2.05) is 4.90 Å². The van der Waals surface area contributed by atoms with E-state index in [9.17, 15) is 15.0 Å². The maximum absolute atomic E-state index is 11.7. The van der Waals surface area contributed by atoms with Gasteiger partial charge in [-0.2, -0.15) is 0 Å². The van der Waals surface area contributed by atoms with E-state index in [2.05, 4.69) is 0 Å². The lowest BCUT2D eigenvalue weighted by Crippen LogP contribution is -2.41. The summed E-state index contributed by atoms with van der Waals surface area (Å²) in [7, 11) is 3.06. The summed E-state index contributed by atoms with van der Waals surface area (Å²) in [5, 5.41) is 19.1. The highest BCUT2D eigenvalue weighted by Gasteiger charge is 2.31. The van der Waals surface area contributed by atoms with Crippen molar-refractivity contribution >= 4 is 5.97 Å². The van der Waals surface area contributed by atoms with E-state index in [1.165, 1.54) is 14.2 Å². The molecule has 1 unspecified atom stereocenters. The quantitative estimate of drug-likeness (QED) is 0.852. The van der Waals surface area contributed by atoms with Crippen LogP contribution in [0.5, 0.6) is 11.5 Å². The van der Waals surface area contributed by atoms with E-state index in [0.717, 1.165) is 0 Å². The number of carbonyl (C=O) groups is 1. The molecule has 1 heterocycles. The molecule has 0 bridgehead atoms. The van der Waals surface area contributed by atoms with Crippen molar-refractivity contribution in [1.82, 2.24) is 4.90 Å². The molecule has 6 nitrogen and oxygen atoms in total. The molecule has 0 saturated carbocycles. The summed E-state index contributed by atoms with van der Waals surface area (Å²) in [6.45, 7) is 1.12. The minimum Gasteiger partial charge on any atom is -0.493 e. The zero-order valence-electron chi connectivity index (χ0n) is 12.3. The molecule has 1 fully saturated rings. The molecule has 1 saturated heterocycles. The van der Waals surface area contributed by atoms with E-state index in [0.29, 0.717) is 43.0 Å². The third-order valence-corrected chi connectivity index (χ3v) is 3.82. The van der Waals surface area contributed by atoms with Crippen LogP contribution in [0.15, 0.2) is 18.2 Å². The highest BCUT2D eigenvalue weighted by atomic mass is 16.5. The lowest BCUT2D eigenvalue weighted by Gasteiger charge is -2.34. The Kier molecular flexibility index (Phi) is 5.03. The zero-order valence-corrected chi connectivity index (χ0v) is 12.3. The lowest BCUT2D eigenvalue weighted by atomic mass is 10.00. The number of carboxylic acids is 1. The topological polar surface area (TPSA) is 79.2 Å². The number of ether oxygens (including phenoxy) is 2.